The Kier molecular flexibility index (Phi) is 4.53. The first-order valence-electron chi connectivity index (χ1n) is 7.60. The van der Waals surface area contributed by atoms with Crippen LogP contribution in [-0.2, 0) is 0 Å². The van der Waals surface area contributed by atoms with Crippen molar-refractivity contribution < 1.29 is 4.74 Å². The van der Waals surface area contributed by atoms with Gasteiger partial charge in [0, 0.05) is 6.20 Å². The van der Waals surface area contributed by atoms with Crippen LogP contribution < -0.4 is 4.74 Å². The van der Waals surface area contributed by atoms with Gasteiger partial charge in [-0.2, -0.15) is 0 Å². The molecule has 0 unspecified atom stereocenters. The molecular formula is C21H19NO. The van der Waals surface area contributed by atoms with Crippen LogP contribution >= 0.6 is 0 Å². The van der Waals surface area contributed by atoms with Gasteiger partial charge in [-0.05, 0) is 59.5 Å². The van der Waals surface area contributed by atoms with E-state index >= 15 is 0 Å². The molecule has 23 heavy (non-hydrogen) atoms. The van der Waals surface area contributed by atoms with Gasteiger partial charge >= 0.3 is 0 Å². The molecule has 0 radical (unpaired) electrons. The molecule has 0 aliphatic rings. The lowest BCUT2D eigenvalue weighted by Crippen LogP contribution is -1.91. The lowest BCUT2D eigenvalue weighted by molar-refractivity contribution is 0.415. The van der Waals surface area contributed by atoms with Crippen LogP contribution in [0.25, 0.3) is 11.6 Å². The summed E-state index contributed by atoms with van der Waals surface area (Å²) in [6.45, 7) is 2.08. The van der Waals surface area contributed by atoms with Crippen molar-refractivity contribution in [1.29, 1.82) is 0 Å². The summed E-state index contributed by atoms with van der Waals surface area (Å²) in [6, 6.07) is 22.6. The van der Waals surface area contributed by atoms with Crippen molar-refractivity contribution in [3.63, 3.8) is 0 Å². The molecule has 3 aromatic rings. The van der Waals surface area contributed by atoms with Crippen molar-refractivity contribution in [2.45, 2.75) is 6.92 Å². The van der Waals surface area contributed by atoms with Crippen LogP contribution in [0.3, 0.4) is 0 Å². The molecule has 0 aliphatic heterocycles. The summed E-state index contributed by atoms with van der Waals surface area (Å²) in [5.41, 5.74) is 5.61. The fourth-order valence-electron chi connectivity index (χ4n) is 2.51. The van der Waals surface area contributed by atoms with Gasteiger partial charge in [-0.15, -0.1) is 0 Å². The minimum atomic E-state index is 0.856. The minimum absolute atomic E-state index is 0.856. The third kappa shape index (κ3) is 3.67. The second-order valence-electron chi connectivity index (χ2n) is 5.41. The van der Waals surface area contributed by atoms with Crippen molar-refractivity contribution in [3.05, 3.63) is 95.3 Å². The molecule has 0 saturated carbocycles. The fourth-order valence-corrected chi connectivity index (χ4v) is 2.51. The van der Waals surface area contributed by atoms with E-state index < -0.39 is 0 Å². The second-order valence-corrected chi connectivity index (χ2v) is 5.41. The minimum Gasteiger partial charge on any atom is -0.497 e. The SMILES string of the molecule is COc1ccc(C(=Cc2cc(C)ccn2)c2ccccc2)cc1. The lowest BCUT2D eigenvalue weighted by Gasteiger charge is -2.10. The lowest BCUT2D eigenvalue weighted by atomic mass is 9.96. The number of nitrogens with zero attached hydrogens (tertiary/aromatic N) is 1. The number of aryl methyl sites for hydroxylation is 1. The van der Waals surface area contributed by atoms with Crippen LogP contribution in [0.2, 0.25) is 0 Å². The van der Waals surface area contributed by atoms with Gasteiger partial charge in [0.15, 0.2) is 0 Å². The quantitative estimate of drug-likeness (QED) is 0.677. The Balaban J connectivity index is 2.10. The molecule has 2 nitrogen and oxygen atoms in total. The Labute approximate surface area is 137 Å². The molecule has 114 valence electrons. The van der Waals surface area contributed by atoms with Crippen molar-refractivity contribution in [2.75, 3.05) is 7.11 Å². The van der Waals surface area contributed by atoms with E-state index in [0.717, 1.165) is 22.6 Å². The Morgan fingerprint density at radius 2 is 1.61 bits per heavy atom. The normalized spacial score (nSPS) is 11.3. The van der Waals surface area contributed by atoms with E-state index in [2.05, 4.69) is 60.4 Å². The fraction of sp³-hybridized carbons (Fsp3) is 0.0952. The third-order valence-electron chi connectivity index (χ3n) is 3.71. The van der Waals surface area contributed by atoms with Gasteiger partial charge in [0.1, 0.15) is 5.75 Å². The Morgan fingerprint density at radius 3 is 2.26 bits per heavy atom. The van der Waals surface area contributed by atoms with Gasteiger partial charge in [0.05, 0.1) is 12.8 Å². The molecule has 0 aliphatic carbocycles. The molecule has 2 aromatic carbocycles. The summed E-state index contributed by atoms with van der Waals surface area (Å²) in [7, 11) is 1.68. The average Bonchev–Trinajstić information content (AvgIpc) is 2.61. The van der Waals surface area contributed by atoms with Crippen LogP contribution in [0.5, 0.6) is 5.75 Å². The molecule has 0 amide bonds. The van der Waals surface area contributed by atoms with E-state index in [-0.39, 0.29) is 0 Å². The first-order chi connectivity index (χ1) is 11.3. The summed E-state index contributed by atoms with van der Waals surface area (Å²) in [5.74, 6) is 0.856. The topological polar surface area (TPSA) is 22.1 Å². The molecule has 0 bridgehead atoms. The number of benzene rings is 2. The summed E-state index contributed by atoms with van der Waals surface area (Å²) < 4.78 is 5.26. The number of methoxy groups -OCH3 is 1. The Bertz CT molecular complexity index is 805. The zero-order chi connectivity index (χ0) is 16.1. The second kappa shape index (κ2) is 6.93. The molecule has 0 N–H and O–H groups in total. The number of ether oxygens (including phenoxy) is 1. The highest BCUT2D eigenvalue weighted by Gasteiger charge is 2.06. The predicted molar refractivity (Wildman–Crippen MR) is 95.4 cm³/mol. The van der Waals surface area contributed by atoms with E-state index in [9.17, 15) is 0 Å². The average molecular weight is 301 g/mol. The van der Waals surface area contributed by atoms with Gasteiger partial charge < -0.3 is 4.74 Å². The molecule has 3 rings (SSSR count). The number of hydrogen-bond donors (Lipinski definition) is 0. The number of aromatic nitrogens is 1. The largest absolute Gasteiger partial charge is 0.497 e. The molecule has 1 aromatic heterocycles. The Hall–Kier alpha value is -2.87. The molecule has 0 fully saturated rings. The van der Waals surface area contributed by atoms with Crippen molar-refractivity contribution >= 4 is 11.6 Å². The smallest absolute Gasteiger partial charge is 0.118 e. The van der Waals surface area contributed by atoms with Crippen LogP contribution in [0.1, 0.15) is 22.4 Å². The molecular weight excluding hydrogens is 282 g/mol. The van der Waals surface area contributed by atoms with E-state index in [1.165, 1.54) is 11.1 Å². The monoisotopic (exact) mass is 301 g/mol. The van der Waals surface area contributed by atoms with Gasteiger partial charge in [0.25, 0.3) is 0 Å². The molecule has 0 atom stereocenters. The van der Waals surface area contributed by atoms with Gasteiger partial charge in [0.2, 0.25) is 0 Å². The predicted octanol–water partition coefficient (Wildman–Crippen LogP) is 4.99. The number of rotatable bonds is 4. The van der Waals surface area contributed by atoms with Gasteiger partial charge in [-0.25, -0.2) is 0 Å². The maximum absolute atomic E-state index is 5.26. The molecule has 0 spiro atoms. The highest BCUT2D eigenvalue weighted by atomic mass is 16.5. The van der Waals surface area contributed by atoms with Gasteiger partial charge in [-0.1, -0.05) is 42.5 Å². The van der Waals surface area contributed by atoms with Crippen molar-refractivity contribution in [3.8, 4) is 5.75 Å². The molecule has 0 saturated heterocycles. The summed E-state index contributed by atoms with van der Waals surface area (Å²) in [6.07, 6.45) is 3.97. The summed E-state index contributed by atoms with van der Waals surface area (Å²) in [5, 5.41) is 0. The Morgan fingerprint density at radius 1 is 0.913 bits per heavy atom. The standard InChI is InChI=1S/C21H19NO/c1-16-12-13-22-19(14-16)15-21(17-6-4-3-5-7-17)18-8-10-20(23-2)11-9-18/h3-15H,1-2H3. The zero-order valence-corrected chi connectivity index (χ0v) is 13.4. The number of hydrogen-bond acceptors (Lipinski definition) is 2. The van der Waals surface area contributed by atoms with E-state index in [0.29, 0.717) is 0 Å². The van der Waals surface area contributed by atoms with Crippen LogP contribution in [0.15, 0.2) is 72.9 Å². The van der Waals surface area contributed by atoms with Gasteiger partial charge in [-0.3, -0.25) is 4.98 Å². The maximum atomic E-state index is 5.26. The van der Waals surface area contributed by atoms with Crippen LogP contribution in [0, 0.1) is 6.92 Å². The summed E-state index contributed by atoms with van der Waals surface area (Å²) >= 11 is 0. The van der Waals surface area contributed by atoms with Crippen molar-refractivity contribution in [2.24, 2.45) is 0 Å². The molecule has 1 heterocycles. The highest BCUT2D eigenvalue weighted by Crippen LogP contribution is 2.27. The van der Waals surface area contributed by atoms with E-state index in [1.807, 2.05) is 30.5 Å². The first-order valence-corrected chi connectivity index (χ1v) is 7.60. The highest BCUT2D eigenvalue weighted by molar-refractivity contribution is 5.90. The van der Waals surface area contributed by atoms with Crippen LogP contribution in [-0.4, -0.2) is 12.1 Å². The number of pyridine rings is 1. The molecule has 2 heteroatoms. The van der Waals surface area contributed by atoms with E-state index in [1.54, 1.807) is 7.11 Å². The first kappa shape index (κ1) is 15.0. The van der Waals surface area contributed by atoms with Crippen LogP contribution in [0.4, 0.5) is 0 Å². The van der Waals surface area contributed by atoms with Crippen molar-refractivity contribution in [1.82, 2.24) is 4.98 Å². The maximum Gasteiger partial charge on any atom is 0.118 e. The third-order valence-corrected chi connectivity index (χ3v) is 3.71. The zero-order valence-electron chi connectivity index (χ0n) is 13.4. The van der Waals surface area contributed by atoms with E-state index in [4.69, 9.17) is 4.74 Å². The summed E-state index contributed by atoms with van der Waals surface area (Å²) in [4.78, 5) is 4.46.